The van der Waals surface area contributed by atoms with E-state index in [1.54, 1.807) is 0 Å². The molecule has 1 aromatic rings. The highest BCUT2D eigenvalue weighted by Crippen LogP contribution is 2.25. The minimum absolute atomic E-state index is 0.0424. The maximum atomic E-state index is 13.1. The SMILES string of the molecule is O=C(NCC1NCCc2ccccc21)C1CC(F)(F)CN1. The third-order valence-electron chi connectivity index (χ3n) is 4.12. The fraction of sp³-hybridized carbons (Fsp3) is 0.533. The molecule has 0 spiro atoms. The average molecular weight is 295 g/mol. The number of alkyl halides is 2. The standard InChI is InChI=1S/C15H19F2N3O/c16-15(17)7-12(20-9-15)14(21)19-8-13-11-4-2-1-3-10(11)5-6-18-13/h1-4,12-13,18,20H,5-9H2,(H,19,21). The Morgan fingerprint density at radius 1 is 1.33 bits per heavy atom. The molecule has 6 heteroatoms. The number of carbonyl (C=O) groups excluding carboxylic acids is 1. The Morgan fingerprint density at radius 3 is 2.90 bits per heavy atom. The van der Waals surface area contributed by atoms with Crippen molar-refractivity contribution in [3.05, 3.63) is 35.4 Å². The number of benzene rings is 1. The summed E-state index contributed by atoms with van der Waals surface area (Å²) in [6, 6.07) is 7.36. The number of rotatable bonds is 3. The molecule has 21 heavy (non-hydrogen) atoms. The maximum absolute atomic E-state index is 13.1. The van der Waals surface area contributed by atoms with Crippen LogP contribution in [0.3, 0.4) is 0 Å². The highest BCUT2D eigenvalue weighted by atomic mass is 19.3. The van der Waals surface area contributed by atoms with Gasteiger partial charge >= 0.3 is 0 Å². The molecule has 0 aromatic heterocycles. The molecule has 114 valence electrons. The molecule has 2 heterocycles. The lowest BCUT2D eigenvalue weighted by Crippen LogP contribution is -2.45. The van der Waals surface area contributed by atoms with Gasteiger partial charge in [0.05, 0.1) is 12.6 Å². The molecule has 2 atom stereocenters. The summed E-state index contributed by atoms with van der Waals surface area (Å²) in [6.45, 7) is 0.854. The van der Waals surface area contributed by atoms with Gasteiger partial charge in [0.25, 0.3) is 5.92 Å². The van der Waals surface area contributed by atoms with Crippen molar-refractivity contribution in [1.29, 1.82) is 0 Å². The molecule has 3 rings (SSSR count). The Balaban J connectivity index is 1.58. The molecular weight excluding hydrogens is 276 g/mol. The van der Waals surface area contributed by atoms with Gasteiger partial charge in [-0.2, -0.15) is 0 Å². The van der Waals surface area contributed by atoms with Gasteiger partial charge in [-0.1, -0.05) is 24.3 Å². The molecule has 2 unspecified atom stereocenters. The van der Waals surface area contributed by atoms with Crippen LogP contribution in [0.5, 0.6) is 0 Å². The fourth-order valence-electron chi connectivity index (χ4n) is 3.00. The Morgan fingerprint density at radius 2 is 2.14 bits per heavy atom. The van der Waals surface area contributed by atoms with Crippen LogP contribution in [0.2, 0.25) is 0 Å². The van der Waals surface area contributed by atoms with Gasteiger partial charge in [-0.05, 0) is 24.1 Å². The fourth-order valence-corrected chi connectivity index (χ4v) is 3.00. The van der Waals surface area contributed by atoms with Crippen molar-refractivity contribution in [1.82, 2.24) is 16.0 Å². The second-order valence-corrected chi connectivity index (χ2v) is 5.69. The van der Waals surface area contributed by atoms with E-state index in [9.17, 15) is 13.6 Å². The molecule has 1 fully saturated rings. The van der Waals surface area contributed by atoms with Crippen LogP contribution in [0.4, 0.5) is 8.78 Å². The first-order valence-corrected chi connectivity index (χ1v) is 7.25. The first-order chi connectivity index (χ1) is 10.1. The van der Waals surface area contributed by atoms with Crippen LogP contribution in [0, 0.1) is 0 Å². The van der Waals surface area contributed by atoms with Crippen molar-refractivity contribution in [2.75, 3.05) is 19.6 Å². The maximum Gasteiger partial charge on any atom is 0.262 e. The zero-order chi connectivity index (χ0) is 14.9. The van der Waals surface area contributed by atoms with E-state index in [0.29, 0.717) is 6.54 Å². The molecule has 1 amide bonds. The Bertz CT molecular complexity index is 535. The smallest absolute Gasteiger partial charge is 0.262 e. The predicted molar refractivity (Wildman–Crippen MR) is 75.3 cm³/mol. The Labute approximate surface area is 122 Å². The second kappa shape index (κ2) is 5.69. The van der Waals surface area contributed by atoms with Gasteiger partial charge in [-0.25, -0.2) is 8.78 Å². The molecule has 2 aliphatic heterocycles. The van der Waals surface area contributed by atoms with Gasteiger partial charge < -0.3 is 10.6 Å². The number of nitrogens with one attached hydrogen (secondary N) is 3. The van der Waals surface area contributed by atoms with E-state index in [-0.39, 0.29) is 11.9 Å². The summed E-state index contributed by atoms with van der Waals surface area (Å²) >= 11 is 0. The van der Waals surface area contributed by atoms with Gasteiger partial charge in [0.1, 0.15) is 0 Å². The first-order valence-electron chi connectivity index (χ1n) is 7.25. The van der Waals surface area contributed by atoms with Crippen LogP contribution in [-0.4, -0.2) is 37.5 Å². The quantitative estimate of drug-likeness (QED) is 0.779. The van der Waals surface area contributed by atoms with Crippen LogP contribution in [0.25, 0.3) is 0 Å². The molecule has 1 saturated heterocycles. The lowest BCUT2D eigenvalue weighted by atomic mass is 9.94. The molecule has 0 saturated carbocycles. The van der Waals surface area contributed by atoms with Crippen LogP contribution < -0.4 is 16.0 Å². The largest absolute Gasteiger partial charge is 0.353 e. The summed E-state index contributed by atoms with van der Waals surface area (Å²) in [5, 5.41) is 8.70. The summed E-state index contributed by atoms with van der Waals surface area (Å²) in [4.78, 5) is 12.0. The van der Waals surface area contributed by atoms with Gasteiger partial charge in [0.2, 0.25) is 5.91 Å². The van der Waals surface area contributed by atoms with Crippen molar-refractivity contribution >= 4 is 5.91 Å². The van der Waals surface area contributed by atoms with E-state index >= 15 is 0 Å². The minimum atomic E-state index is -2.78. The molecule has 0 radical (unpaired) electrons. The summed E-state index contributed by atoms with van der Waals surface area (Å²) < 4.78 is 26.2. The van der Waals surface area contributed by atoms with Crippen molar-refractivity contribution in [2.24, 2.45) is 0 Å². The summed E-state index contributed by atoms with van der Waals surface area (Å²) in [5.41, 5.74) is 2.45. The van der Waals surface area contributed by atoms with Crippen LogP contribution in [0.15, 0.2) is 24.3 Å². The van der Waals surface area contributed by atoms with E-state index in [4.69, 9.17) is 0 Å². The molecule has 3 N–H and O–H groups in total. The number of carbonyl (C=O) groups is 1. The predicted octanol–water partition coefficient (Wildman–Crippen LogP) is 0.987. The first kappa shape index (κ1) is 14.4. The highest BCUT2D eigenvalue weighted by molar-refractivity contribution is 5.82. The normalized spacial score (nSPS) is 27.1. The highest BCUT2D eigenvalue weighted by Gasteiger charge is 2.42. The molecule has 0 bridgehead atoms. The summed E-state index contributed by atoms with van der Waals surface area (Å²) in [7, 11) is 0. The monoisotopic (exact) mass is 295 g/mol. The van der Waals surface area contributed by atoms with Crippen molar-refractivity contribution in [3.63, 3.8) is 0 Å². The van der Waals surface area contributed by atoms with E-state index in [1.807, 2.05) is 18.2 Å². The van der Waals surface area contributed by atoms with Crippen molar-refractivity contribution in [3.8, 4) is 0 Å². The van der Waals surface area contributed by atoms with E-state index in [1.165, 1.54) is 11.1 Å². The molecule has 1 aromatic carbocycles. The molecule has 0 aliphatic carbocycles. The van der Waals surface area contributed by atoms with Crippen molar-refractivity contribution < 1.29 is 13.6 Å². The lowest BCUT2D eigenvalue weighted by Gasteiger charge is -2.27. The van der Waals surface area contributed by atoms with E-state index in [2.05, 4.69) is 22.0 Å². The third kappa shape index (κ3) is 3.22. The second-order valence-electron chi connectivity index (χ2n) is 5.69. The molecule has 4 nitrogen and oxygen atoms in total. The summed E-state index contributed by atoms with van der Waals surface area (Å²) in [5.74, 6) is -3.13. The minimum Gasteiger partial charge on any atom is -0.353 e. The van der Waals surface area contributed by atoms with Gasteiger partial charge in [0, 0.05) is 19.0 Å². The number of amides is 1. The molecule has 2 aliphatic rings. The summed E-state index contributed by atoms with van der Waals surface area (Å²) in [6.07, 6.45) is 0.546. The van der Waals surface area contributed by atoms with E-state index in [0.717, 1.165) is 13.0 Å². The average Bonchev–Trinajstić information content (AvgIpc) is 2.85. The van der Waals surface area contributed by atoms with Gasteiger partial charge in [0.15, 0.2) is 0 Å². The number of hydrogen-bond acceptors (Lipinski definition) is 3. The molecular formula is C15H19F2N3O. The number of halogens is 2. The Kier molecular flexibility index (Phi) is 3.91. The number of fused-ring (bicyclic) bond motifs is 1. The van der Waals surface area contributed by atoms with Gasteiger partial charge in [-0.15, -0.1) is 0 Å². The topological polar surface area (TPSA) is 53.2 Å². The van der Waals surface area contributed by atoms with Crippen LogP contribution in [-0.2, 0) is 11.2 Å². The lowest BCUT2D eigenvalue weighted by molar-refractivity contribution is -0.123. The third-order valence-corrected chi connectivity index (χ3v) is 4.12. The van der Waals surface area contributed by atoms with Gasteiger partial charge in [-0.3, -0.25) is 10.1 Å². The Hall–Kier alpha value is -1.53. The van der Waals surface area contributed by atoms with Crippen LogP contribution in [0.1, 0.15) is 23.6 Å². The van der Waals surface area contributed by atoms with Crippen LogP contribution >= 0.6 is 0 Å². The zero-order valence-corrected chi connectivity index (χ0v) is 11.7. The van der Waals surface area contributed by atoms with Crippen molar-refractivity contribution in [2.45, 2.75) is 30.8 Å². The number of hydrogen-bond donors (Lipinski definition) is 3. The van der Waals surface area contributed by atoms with E-state index < -0.39 is 24.9 Å². The zero-order valence-electron chi connectivity index (χ0n) is 11.7.